The van der Waals surface area contributed by atoms with Gasteiger partial charge in [0, 0.05) is 18.7 Å². The maximum Gasteiger partial charge on any atom is 0.253 e. The van der Waals surface area contributed by atoms with Crippen molar-refractivity contribution < 1.29 is 18.7 Å². The molecule has 0 unspecified atom stereocenters. The van der Waals surface area contributed by atoms with Crippen LogP contribution in [-0.2, 0) is 15.1 Å². The Bertz CT molecular complexity index is 886. The summed E-state index contributed by atoms with van der Waals surface area (Å²) in [4.78, 5) is 26.7. The zero-order valence-corrected chi connectivity index (χ0v) is 15.1. The molecule has 2 amide bonds. The Labute approximate surface area is 157 Å². The van der Waals surface area contributed by atoms with Crippen molar-refractivity contribution in [1.29, 1.82) is 0 Å². The summed E-state index contributed by atoms with van der Waals surface area (Å²) < 4.78 is 19.4. The lowest BCUT2D eigenvalue weighted by molar-refractivity contribution is -0.150. The number of nitrogens with one attached hydrogen (secondary N) is 1. The molecule has 2 aromatic rings. The van der Waals surface area contributed by atoms with Crippen LogP contribution in [-0.4, -0.2) is 42.5 Å². The van der Waals surface area contributed by atoms with Crippen LogP contribution in [0.15, 0.2) is 48.5 Å². The number of fused-ring (bicyclic) bond motifs is 1. The van der Waals surface area contributed by atoms with Gasteiger partial charge in [-0.15, -0.1) is 0 Å². The van der Waals surface area contributed by atoms with Crippen molar-refractivity contribution in [2.75, 3.05) is 19.7 Å². The number of carbonyl (C=O) groups excluding carboxylic acids is 2. The minimum Gasteiger partial charge on any atom is -0.364 e. The van der Waals surface area contributed by atoms with E-state index in [1.54, 1.807) is 17.9 Å². The molecule has 2 saturated heterocycles. The van der Waals surface area contributed by atoms with Crippen molar-refractivity contribution in [3.63, 3.8) is 0 Å². The average Bonchev–Trinajstić information content (AvgIpc) is 2.69. The second kappa shape index (κ2) is 6.78. The maximum atomic E-state index is 13.5. The first-order valence-corrected chi connectivity index (χ1v) is 9.03. The van der Waals surface area contributed by atoms with Gasteiger partial charge in [-0.3, -0.25) is 9.59 Å². The normalized spacial score (nSPS) is 24.9. The van der Waals surface area contributed by atoms with Crippen LogP contribution in [0, 0.1) is 12.7 Å². The molecular formula is C21H21FN2O3. The number of halogens is 1. The van der Waals surface area contributed by atoms with E-state index in [1.807, 2.05) is 30.3 Å². The first-order valence-electron chi connectivity index (χ1n) is 9.03. The van der Waals surface area contributed by atoms with Crippen LogP contribution >= 0.6 is 0 Å². The van der Waals surface area contributed by atoms with E-state index >= 15 is 0 Å². The van der Waals surface area contributed by atoms with Crippen LogP contribution in [0.2, 0.25) is 0 Å². The highest BCUT2D eigenvalue weighted by Crippen LogP contribution is 2.37. The van der Waals surface area contributed by atoms with Crippen LogP contribution in [0.1, 0.15) is 27.9 Å². The SMILES string of the molecule is Cc1cc(C(=O)N2CC[C@@]3(c4ccccc4)NC(=O)CO[C@@H]3C2)ccc1F. The number of amides is 2. The zero-order valence-electron chi connectivity index (χ0n) is 15.1. The van der Waals surface area contributed by atoms with E-state index in [0.29, 0.717) is 30.6 Å². The Morgan fingerprint density at radius 1 is 1.26 bits per heavy atom. The standard InChI is InChI=1S/C21H21FN2O3/c1-14-11-15(7-8-17(14)22)20(26)24-10-9-21(16-5-3-2-4-6-16)18(12-24)27-13-19(25)23-21/h2-8,11,18H,9-10,12-13H2,1H3,(H,23,25)/t18-,21+/m1/s1. The molecule has 2 heterocycles. The Hall–Kier alpha value is -2.73. The number of hydrogen-bond donors (Lipinski definition) is 1. The van der Waals surface area contributed by atoms with Gasteiger partial charge in [-0.25, -0.2) is 4.39 Å². The third-order valence-electron chi connectivity index (χ3n) is 5.47. The number of piperidine rings is 1. The van der Waals surface area contributed by atoms with Crippen molar-refractivity contribution in [1.82, 2.24) is 10.2 Å². The van der Waals surface area contributed by atoms with Gasteiger partial charge in [-0.2, -0.15) is 0 Å². The Kier molecular flexibility index (Phi) is 4.44. The van der Waals surface area contributed by atoms with E-state index in [4.69, 9.17) is 4.74 Å². The van der Waals surface area contributed by atoms with Gasteiger partial charge in [-0.1, -0.05) is 30.3 Å². The van der Waals surface area contributed by atoms with Gasteiger partial charge >= 0.3 is 0 Å². The second-order valence-corrected chi connectivity index (χ2v) is 7.15. The van der Waals surface area contributed by atoms with E-state index < -0.39 is 5.54 Å². The number of ether oxygens (including phenoxy) is 1. The van der Waals surface area contributed by atoms with Gasteiger partial charge in [0.1, 0.15) is 18.5 Å². The molecule has 0 spiro atoms. The molecule has 4 rings (SSSR count). The van der Waals surface area contributed by atoms with Crippen LogP contribution in [0.5, 0.6) is 0 Å². The molecule has 5 nitrogen and oxygen atoms in total. The van der Waals surface area contributed by atoms with Crippen LogP contribution in [0.3, 0.4) is 0 Å². The third-order valence-corrected chi connectivity index (χ3v) is 5.47. The summed E-state index contributed by atoms with van der Waals surface area (Å²) in [5, 5.41) is 3.11. The fourth-order valence-corrected chi connectivity index (χ4v) is 4.00. The molecule has 0 aliphatic carbocycles. The Morgan fingerprint density at radius 2 is 2.04 bits per heavy atom. The van der Waals surface area contributed by atoms with Crippen molar-refractivity contribution in [2.24, 2.45) is 0 Å². The summed E-state index contributed by atoms with van der Waals surface area (Å²) in [6.45, 7) is 2.47. The Morgan fingerprint density at radius 3 is 2.78 bits per heavy atom. The number of morpholine rings is 1. The highest BCUT2D eigenvalue weighted by atomic mass is 19.1. The number of nitrogens with zero attached hydrogens (tertiary/aromatic N) is 1. The van der Waals surface area contributed by atoms with Gasteiger partial charge in [0.15, 0.2) is 0 Å². The summed E-state index contributed by atoms with van der Waals surface area (Å²) in [6, 6.07) is 14.1. The molecular weight excluding hydrogens is 347 g/mol. The molecule has 0 aromatic heterocycles. The van der Waals surface area contributed by atoms with E-state index in [9.17, 15) is 14.0 Å². The lowest BCUT2D eigenvalue weighted by Crippen LogP contribution is -2.67. The lowest BCUT2D eigenvalue weighted by atomic mass is 9.77. The summed E-state index contributed by atoms with van der Waals surface area (Å²) in [5.74, 6) is -0.629. The van der Waals surface area contributed by atoms with E-state index in [1.165, 1.54) is 12.1 Å². The topological polar surface area (TPSA) is 58.6 Å². The van der Waals surface area contributed by atoms with Crippen molar-refractivity contribution in [3.8, 4) is 0 Å². The van der Waals surface area contributed by atoms with Crippen LogP contribution in [0.4, 0.5) is 4.39 Å². The molecule has 1 N–H and O–H groups in total. The molecule has 0 bridgehead atoms. The number of carbonyl (C=O) groups is 2. The van der Waals surface area contributed by atoms with Crippen molar-refractivity contribution >= 4 is 11.8 Å². The molecule has 140 valence electrons. The van der Waals surface area contributed by atoms with E-state index in [0.717, 1.165) is 5.56 Å². The van der Waals surface area contributed by atoms with Gasteiger partial charge in [-0.05, 0) is 42.7 Å². The quantitative estimate of drug-likeness (QED) is 0.886. The second-order valence-electron chi connectivity index (χ2n) is 7.15. The zero-order chi connectivity index (χ0) is 19.0. The Balaban J connectivity index is 1.61. The predicted molar refractivity (Wildman–Crippen MR) is 97.7 cm³/mol. The fourth-order valence-electron chi connectivity index (χ4n) is 4.00. The van der Waals surface area contributed by atoms with Crippen LogP contribution < -0.4 is 5.32 Å². The predicted octanol–water partition coefficient (Wildman–Crippen LogP) is 2.39. The smallest absolute Gasteiger partial charge is 0.253 e. The summed E-state index contributed by atoms with van der Waals surface area (Å²) in [5.41, 5.74) is 1.25. The number of hydrogen-bond acceptors (Lipinski definition) is 3. The molecule has 0 saturated carbocycles. The molecule has 2 fully saturated rings. The minimum atomic E-state index is -0.633. The van der Waals surface area contributed by atoms with Gasteiger partial charge < -0.3 is 15.0 Å². The average molecular weight is 368 g/mol. The fraction of sp³-hybridized carbons (Fsp3) is 0.333. The lowest BCUT2D eigenvalue weighted by Gasteiger charge is -2.50. The van der Waals surface area contributed by atoms with Crippen molar-refractivity contribution in [3.05, 3.63) is 71.0 Å². The largest absolute Gasteiger partial charge is 0.364 e. The first kappa shape index (κ1) is 17.7. The number of likely N-dealkylation sites (tertiary alicyclic amines) is 1. The third kappa shape index (κ3) is 3.10. The van der Waals surface area contributed by atoms with Crippen LogP contribution in [0.25, 0.3) is 0 Å². The summed E-state index contributed by atoms with van der Waals surface area (Å²) >= 11 is 0. The minimum absolute atomic E-state index is 0.0169. The highest BCUT2D eigenvalue weighted by molar-refractivity contribution is 5.94. The van der Waals surface area contributed by atoms with Gasteiger partial charge in [0.05, 0.1) is 5.54 Å². The number of benzene rings is 2. The molecule has 0 radical (unpaired) electrons. The van der Waals surface area contributed by atoms with Gasteiger partial charge in [0.25, 0.3) is 5.91 Å². The number of rotatable bonds is 2. The molecule has 2 aliphatic heterocycles. The van der Waals surface area contributed by atoms with Gasteiger partial charge in [0.2, 0.25) is 5.91 Å². The molecule has 27 heavy (non-hydrogen) atoms. The monoisotopic (exact) mass is 368 g/mol. The molecule has 2 aliphatic rings. The van der Waals surface area contributed by atoms with Crippen molar-refractivity contribution in [2.45, 2.75) is 25.0 Å². The van der Waals surface area contributed by atoms with E-state index in [2.05, 4.69) is 5.32 Å². The van der Waals surface area contributed by atoms with E-state index in [-0.39, 0.29) is 30.3 Å². The summed E-state index contributed by atoms with van der Waals surface area (Å²) in [6.07, 6.45) is 0.219. The highest BCUT2D eigenvalue weighted by Gasteiger charge is 2.49. The maximum absolute atomic E-state index is 13.5. The molecule has 6 heteroatoms. The first-order chi connectivity index (χ1) is 13.0. The molecule has 2 atom stereocenters. The molecule has 2 aromatic carbocycles. The number of aryl methyl sites for hydroxylation is 1. The summed E-state index contributed by atoms with van der Waals surface area (Å²) in [7, 11) is 0.